The molecule has 0 aromatic heterocycles. The summed E-state index contributed by atoms with van der Waals surface area (Å²) in [5.74, 6) is 0. The van der Waals surface area contributed by atoms with E-state index in [9.17, 15) is 9.59 Å². The lowest BCUT2D eigenvalue weighted by atomic mass is 10.5. The first kappa shape index (κ1) is 8.29. The van der Waals surface area contributed by atoms with Crippen LogP contribution in [0.3, 0.4) is 0 Å². The van der Waals surface area contributed by atoms with Gasteiger partial charge in [0.15, 0.2) is 5.12 Å². The van der Waals surface area contributed by atoms with Gasteiger partial charge >= 0.3 is 6.09 Å². The molecule has 0 aliphatic heterocycles. The molecule has 0 saturated carbocycles. The van der Waals surface area contributed by atoms with Crippen LogP contribution in [0, 0.1) is 0 Å². The Morgan fingerprint density at radius 1 is 1.56 bits per heavy atom. The van der Waals surface area contributed by atoms with Crippen molar-refractivity contribution in [2.75, 3.05) is 6.54 Å². The van der Waals surface area contributed by atoms with E-state index < -0.39 is 6.09 Å². The van der Waals surface area contributed by atoms with Crippen LogP contribution < -0.4 is 5.32 Å². The minimum atomic E-state index is -1.12. The Balaban J connectivity index is 3.10. The van der Waals surface area contributed by atoms with Crippen molar-refractivity contribution < 1.29 is 14.7 Å². The monoisotopic (exact) mass is 149 g/mol. The van der Waals surface area contributed by atoms with Crippen molar-refractivity contribution in [1.29, 1.82) is 0 Å². The van der Waals surface area contributed by atoms with E-state index in [0.29, 0.717) is 0 Å². The smallest absolute Gasteiger partial charge is 0.404 e. The molecule has 0 atom stereocenters. The Morgan fingerprint density at radius 3 is 2.44 bits per heavy atom. The molecule has 5 heteroatoms. The van der Waals surface area contributed by atoms with Gasteiger partial charge in [0.2, 0.25) is 0 Å². The molecule has 0 spiro atoms. The fourth-order valence-corrected chi connectivity index (χ4v) is 0.388. The van der Waals surface area contributed by atoms with Crippen molar-refractivity contribution in [3.8, 4) is 0 Å². The number of amides is 1. The number of hydrogen-bond acceptors (Lipinski definition) is 2. The van der Waals surface area contributed by atoms with Crippen LogP contribution in [0.4, 0.5) is 4.79 Å². The Hall–Kier alpha value is -0.710. The van der Waals surface area contributed by atoms with Gasteiger partial charge in [-0.3, -0.25) is 4.79 Å². The Morgan fingerprint density at radius 2 is 2.11 bits per heavy atom. The van der Waals surface area contributed by atoms with E-state index in [4.69, 9.17) is 5.11 Å². The van der Waals surface area contributed by atoms with Crippen molar-refractivity contribution in [3.05, 3.63) is 0 Å². The van der Waals surface area contributed by atoms with E-state index >= 15 is 0 Å². The Kier molecular flexibility index (Phi) is 3.87. The summed E-state index contributed by atoms with van der Waals surface area (Å²) in [5, 5.41) is 9.69. The standard InChI is InChI=1S/C4H7NO3S/c6-3(9)1-2-5-4(7)8/h5H,1-2H2,(H,6,9)(H,7,8). The van der Waals surface area contributed by atoms with E-state index in [1.165, 1.54) is 0 Å². The molecule has 4 nitrogen and oxygen atoms in total. The maximum absolute atomic E-state index is 10.1. The molecular formula is C4H7NO3S. The first-order chi connectivity index (χ1) is 4.13. The first-order valence-corrected chi connectivity index (χ1v) is 2.76. The second-order valence-corrected chi connectivity index (χ2v) is 1.87. The number of carbonyl (C=O) groups excluding carboxylic acids is 1. The van der Waals surface area contributed by atoms with Crippen molar-refractivity contribution >= 4 is 23.8 Å². The number of carboxylic acid groups (broad SMARTS) is 1. The summed E-state index contributed by atoms with van der Waals surface area (Å²) in [5.41, 5.74) is 0. The molecule has 0 aromatic rings. The molecule has 0 aliphatic rings. The third-order valence-corrected chi connectivity index (χ3v) is 0.839. The summed E-state index contributed by atoms with van der Waals surface area (Å²) >= 11 is 3.43. The van der Waals surface area contributed by atoms with Gasteiger partial charge in [0, 0.05) is 13.0 Å². The molecule has 9 heavy (non-hydrogen) atoms. The van der Waals surface area contributed by atoms with Crippen LogP contribution in [0.2, 0.25) is 0 Å². The van der Waals surface area contributed by atoms with E-state index in [-0.39, 0.29) is 18.1 Å². The molecule has 0 radical (unpaired) electrons. The molecule has 2 N–H and O–H groups in total. The average Bonchev–Trinajstić information content (AvgIpc) is 1.63. The summed E-state index contributed by atoms with van der Waals surface area (Å²) in [7, 11) is 0. The van der Waals surface area contributed by atoms with Crippen LogP contribution >= 0.6 is 12.6 Å². The minimum Gasteiger partial charge on any atom is -0.465 e. The van der Waals surface area contributed by atoms with E-state index in [1.807, 2.05) is 5.32 Å². The molecular weight excluding hydrogens is 142 g/mol. The van der Waals surface area contributed by atoms with E-state index in [0.717, 1.165) is 0 Å². The lowest BCUT2D eigenvalue weighted by Crippen LogP contribution is -2.22. The summed E-state index contributed by atoms with van der Waals surface area (Å²) < 4.78 is 0. The topological polar surface area (TPSA) is 66.4 Å². The van der Waals surface area contributed by atoms with Crippen molar-refractivity contribution in [2.24, 2.45) is 0 Å². The van der Waals surface area contributed by atoms with Gasteiger partial charge in [0.25, 0.3) is 0 Å². The van der Waals surface area contributed by atoms with Crippen LogP contribution in [-0.2, 0) is 4.79 Å². The summed E-state index contributed by atoms with van der Waals surface area (Å²) in [6.45, 7) is 0.137. The quantitative estimate of drug-likeness (QED) is 0.498. The van der Waals surface area contributed by atoms with Crippen LogP contribution in [-0.4, -0.2) is 22.9 Å². The molecule has 0 unspecified atom stereocenters. The lowest BCUT2D eigenvalue weighted by molar-refractivity contribution is -0.110. The van der Waals surface area contributed by atoms with Crippen LogP contribution in [0.1, 0.15) is 6.42 Å². The zero-order chi connectivity index (χ0) is 7.28. The highest BCUT2D eigenvalue weighted by Crippen LogP contribution is 1.83. The predicted molar refractivity (Wildman–Crippen MR) is 34.6 cm³/mol. The zero-order valence-corrected chi connectivity index (χ0v) is 5.52. The van der Waals surface area contributed by atoms with Gasteiger partial charge in [0.1, 0.15) is 0 Å². The molecule has 0 aromatic carbocycles. The highest BCUT2D eigenvalue weighted by molar-refractivity contribution is 7.96. The summed E-state index contributed by atoms with van der Waals surface area (Å²) in [6, 6.07) is 0. The summed E-state index contributed by atoms with van der Waals surface area (Å²) in [6.07, 6.45) is -0.986. The molecule has 52 valence electrons. The fraction of sp³-hybridized carbons (Fsp3) is 0.500. The Bertz CT molecular complexity index is 111. The number of nitrogens with one attached hydrogen (secondary N) is 1. The second kappa shape index (κ2) is 4.20. The van der Waals surface area contributed by atoms with E-state index in [2.05, 4.69) is 12.6 Å². The predicted octanol–water partition coefficient (Wildman–Crippen LogP) is 0.101. The highest BCUT2D eigenvalue weighted by atomic mass is 32.1. The maximum Gasteiger partial charge on any atom is 0.404 e. The number of carbonyl (C=O) groups is 2. The van der Waals surface area contributed by atoms with Crippen LogP contribution in [0.5, 0.6) is 0 Å². The van der Waals surface area contributed by atoms with Crippen molar-refractivity contribution in [3.63, 3.8) is 0 Å². The molecule has 0 saturated heterocycles. The van der Waals surface area contributed by atoms with Gasteiger partial charge in [-0.15, -0.1) is 12.6 Å². The Labute approximate surface area is 57.7 Å². The molecule has 0 rings (SSSR count). The third kappa shape index (κ3) is 7.29. The third-order valence-electron chi connectivity index (χ3n) is 0.615. The van der Waals surface area contributed by atoms with Gasteiger partial charge in [-0.1, -0.05) is 0 Å². The number of rotatable bonds is 3. The van der Waals surface area contributed by atoms with Crippen LogP contribution in [0.15, 0.2) is 0 Å². The largest absolute Gasteiger partial charge is 0.465 e. The summed E-state index contributed by atoms with van der Waals surface area (Å²) in [4.78, 5) is 19.8. The lowest BCUT2D eigenvalue weighted by Gasteiger charge is -1.94. The van der Waals surface area contributed by atoms with Gasteiger partial charge in [-0.2, -0.15) is 0 Å². The second-order valence-electron chi connectivity index (χ2n) is 1.38. The molecule has 0 bridgehead atoms. The van der Waals surface area contributed by atoms with Gasteiger partial charge in [-0.05, 0) is 0 Å². The first-order valence-electron chi connectivity index (χ1n) is 2.31. The maximum atomic E-state index is 10.1. The SMILES string of the molecule is O=C(S)CCNC(=O)O. The highest BCUT2D eigenvalue weighted by Gasteiger charge is 1.95. The van der Waals surface area contributed by atoms with Crippen molar-refractivity contribution in [2.45, 2.75) is 6.42 Å². The molecule has 0 heterocycles. The molecule has 0 aliphatic carbocycles. The van der Waals surface area contributed by atoms with Crippen molar-refractivity contribution in [1.82, 2.24) is 5.32 Å². The van der Waals surface area contributed by atoms with Gasteiger partial charge < -0.3 is 10.4 Å². The minimum absolute atomic E-state index is 0.134. The number of hydrogen-bond donors (Lipinski definition) is 3. The normalized spacial score (nSPS) is 8.56. The van der Waals surface area contributed by atoms with E-state index in [1.54, 1.807) is 0 Å². The number of thiol groups is 1. The zero-order valence-electron chi connectivity index (χ0n) is 4.63. The average molecular weight is 149 g/mol. The molecule has 1 amide bonds. The molecule has 0 fully saturated rings. The fourth-order valence-electron chi connectivity index (χ4n) is 0.276. The van der Waals surface area contributed by atoms with Gasteiger partial charge in [-0.25, -0.2) is 4.79 Å². The van der Waals surface area contributed by atoms with Gasteiger partial charge in [0.05, 0.1) is 0 Å². The van der Waals surface area contributed by atoms with Crippen LogP contribution in [0.25, 0.3) is 0 Å².